The number of allylic oxidation sites excluding steroid dienone is 1. The number of fused-ring (bicyclic) bond motifs is 1. The molecule has 6 heteroatoms. The molecular formula is C18H14ClFN2OS. The van der Waals surface area contributed by atoms with Crippen molar-refractivity contribution >= 4 is 34.3 Å². The minimum Gasteiger partial charge on any atom is -0.283 e. The summed E-state index contributed by atoms with van der Waals surface area (Å²) in [4.78, 5) is 17.3. The summed E-state index contributed by atoms with van der Waals surface area (Å²) in [5.74, 6) is 0.234. The van der Waals surface area contributed by atoms with E-state index < -0.39 is 0 Å². The first-order chi connectivity index (χ1) is 11.6. The summed E-state index contributed by atoms with van der Waals surface area (Å²) in [6.07, 6.45) is 1.64. The molecule has 0 saturated heterocycles. The summed E-state index contributed by atoms with van der Waals surface area (Å²) < 4.78 is 14.8. The van der Waals surface area contributed by atoms with E-state index in [1.807, 2.05) is 6.07 Å². The van der Waals surface area contributed by atoms with Gasteiger partial charge in [0.1, 0.15) is 5.82 Å². The molecule has 122 valence electrons. The van der Waals surface area contributed by atoms with E-state index in [0.717, 1.165) is 5.56 Å². The number of aromatic nitrogens is 2. The van der Waals surface area contributed by atoms with Crippen molar-refractivity contribution in [1.82, 2.24) is 9.55 Å². The third-order valence-corrected chi connectivity index (χ3v) is 4.73. The molecule has 3 rings (SSSR count). The van der Waals surface area contributed by atoms with Crippen LogP contribution in [0.2, 0.25) is 5.02 Å². The van der Waals surface area contributed by atoms with Crippen molar-refractivity contribution in [2.24, 2.45) is 0 Å². The molecule has 0 aliphatic carbocycles. The maximum absolute atomic E-state index is 13.3. The second-order valence-corrected chi connectivity index (χ2v) is 6.56. The van der Waals surface area contributed by atoms with E-state index in [0.29, 0.717) is 33.4 Å². The van der Waals surface area contributed by atoms with Crippen LogP contribution in [0.5, 0.6) is 0 Å². The number of rotatable bonds is 5. The van der Waals surface area contributed by atoms with Crippen LogP contribution in [0.25, 0.3) is 10.9 Å². The van der Waals surface area contributed by atoms with Crippen LogP contribution in [0.1, 0.15) is 5.56 Å². The van der Waals surface area contributed by atoms with Crippen LogP contribution in [-0.4, -0.2) is 9.55 Å². The molecule has 0 spiro atoms. The molecule has 3 nitrogen and oxygen atoms in total. The molecular weight excluding hydrogens is 347 g/mol. The Morgan fingerprint density at radius 2 is 2.12 bits per heavy atom. The van der Waals surface area contributed by atoms with E-state index >= 15 is 0 Å². The largest absolute Gasteiger partial charge is 0.283 e. The fourth-order valence-electron chi connectivity index (χ4n) is 2.35. The molecule has 0 aliphatic heterocycles. The van der Waals surface area contributed by atoms with Crippen LogP contribution in [0, 0.1) is 5.82 Å². The van der Waals surface area contributed by atoms with Gasteiger partial charge in [-0.05, 0) is 35.9 Å². The third-order valence-electron chi connectivity index (χ3n) is 3.45. The lowest BCUT2D eigenvalue weighted by molar-refractivity contribution is 0.626. The van der Waals surface area contributed by atoms with Gasteiger partial charge in [-0.25, -0.2) is 9.37 Å². The zero-order valence-electron chi connectivity index (χ0n) is 12.7. The van der Waals surface area contributed by atoms with Crippen molar-refractivity contribution in [2.75, 3.05) is 0 Å². The quantitative estimate of drug-likeness (QED) is 0.377. The van der Waals surface area contributed by atoms with Crippen LogP contribution in [-0.2, 0) is 12.3 Å². The van der Waals surface area contributed by atoms with Crippen LogP contribution >= 0.6 is 23.4 Å². The second-order valence-electron chi connectivity index (χ2n) is 5.18. The smallest absolute Gasteiger partial charge is 0.262 e. The van der Waals surface area contributed by atoms with Gasteiger partial charge in [-0.2, -0.15) is 0 Å². The Bertz CT molecular complexity index is 971. The summed E-state index contributed by atoms with van der Waals surface area (Å²) in [6, 6.07) is 11.4. The fourth-order valence-corrected chi connectivity index (χ4v) is 3.47. The average molecular weight is 361 g/mol. The highest BCUT2D eigenvalue weighted by atomic mass is 35.5. The number of hydrogen-bond acceptors (Lipinski definition) is 3. The fraction of sp³-hybridized carbons (Fsp3) is 0.111. The maximum Gasteiger partial charge on any atom is 0.262 e. The lowest BCUT2D eigenvalue weighted by Gasteiger charge is -2.11. The van der Waals surface area contributed by atoms with E-state index in [1.165, 1.54) is 23.9 Å². The van der Waals surface area contributed by atoms with Gasteiger partial charge in [0.2, 0.25) is 0 Å². The Morgan fingerprint density at radius 1 is 1.29 bits per heavy atom. The van der Waals surface area contributed by atoms with Crippen LogP contribution in [0.3, 0.4) is 0 Å². The highest BCUT2D eigenvalue weighted by molar-refractivity contribution is 7.98. The molecule has 0 amide bonds. The van der Waals surface area contributed by atoms with E-state index in [1.54, 1.807) is 34.9 Å². The van der Waals surface area contributed by atoms with Crippen molar-refractivity contribution in [2.45, 2.75) is 17.5 Å². The van der Waals surface area contributed by atoms with Crippen molar-refractivity contribution in [1.29, 1.82) is 0 Å². The SMILES string of the molecule is C=CCn1c(SCc2cccc(F)c2)nc2ccc(Cl)cc2c1=O. The van der Waals surface area contributed by atoms with Gasteiger partial charge in [0, 0.05) is 17.3 Å². The molecule has 2 aromatic carbocycles. The van der Waals surface area contributed by atoms with Crippen molar-refractivity contribution < 1.29 is 4.39 Å². The van der Waals surface area contributed by atoms with E-state index in [4.69, 9.17) is 11.6 Å². The number of halogens is 2. The molecule has 0 bridgehead atoms. The maximum atomic E-state index is 13.3. The topological polar surface area (TPSA) is 34.9 Å². The molecule has 1 heterocycles. The third kappa shape index (κ3) is 3.52. The molecule has 0 radical (unpaired) electrons. The Balaban J connectivity index is 2.02. The van der Waals surface area contributed by atoms with Crippen LogP contribution < -0.4 is 5.56 Å². The zero-order chi connectivity index (χ0) is 17.1. The Kier molecular flexibility index (Phi) is 5.02. The molecule has 3 aromatic rings. The first kappa shape index (κ1) is 16.7. The molecule has 0 atom stereocenters. The normalized spacial score (nSPS) is 10.9. The number of thioether (sulfide) groups is 1. The second kappa shape index (κ2) is 7.20. The summed E-state index contributed by atoms with van der Waals surface area (Å²) in [5.41, 5.74) is 1.26. The first-order valence-electron chi connectivity index (χ1n) is 7.26. The molecule has 0 N–H and O–H groups in total. The van der Waals surface area contributed by atoms with Gasteiger partial charge in [-0.3, -0.25) is 9.36 Å². The summed E-state index contributed by atoms with van der Waals surface area (Å²) in [6.45, 7) is 4.04. The monoisotopic (exact) mass is 360 g/mol. The lowest BCUT2D eigenvalue weighted by atomic mass is 10.2. The predicted octanol–water partition coefficient (Wildman–Crippen LogP) is 4.67. The Morgan fingerprint density at radius 3 is 2.88 bits per heavy atom. The number of hydrogen-bond donors (Lipinski definition) is 0. The molecule has 24 heavy (non-hydrogen) atoms. The lowest BCUT2D eigenvalue weighted by Crippen LogP contribution is -2.22. The van der Waals surface area contributed by atoms with E-state index in [2.05, 4.69) is 11.6 Å². The number of nitrogens with zero attached hydrogens (tertiary/aromatic N) is 2. The highest BCUT2D eigenvalue weighted by Crippen LogP contribution is 2.23. The van der Waals surface area contributed by atoms with Crippen LogP contribution in [0.15, 0.2) is 65.1 Å². The van der Waals surface area contributed by atoms with Gasteiger partial charge in [-0.1, -0.05) is 41.6 Å². The van der Waals surface area contributed by atoms with Gasteiger partial charge < -0.3 is 0 Å². The molecule has 0 aliphatic rings. The van der Waals surface area contributed by atoms with Gasteiger partial charge in [0.15, 0.2) is 5.16 Å². The molecule has 0 unspecified atom stereocenters. The first-order valence-corrected chi connectivity index (χ1v) is 8.63. The Labute approximate surface area is 147 Å². The molecule has 0 saturated carbocycles. The van der Waals surface area contributed by atoms with E-state index in [-0.39, 0.29) is 11.4 Å². The molecule has 1 aromatic heterocycles. The van der Waals surface area contributed by atoms with Gasteiger partial charge in [-0.15, -0.1) is 6.58 Å². The van der Waals surface area contributed by atoms with E-state index in [9.17, 15) is 9.18 Å². The minimum atomic E-state index is -0.280. The summed E-state index contributed by atoms with van der Waals surface area (Å²) in [5, 5.41) is 1.53. The standard InChI is InChI=1S/C18H14ClFN2OS/c1-2-8-22-17(23)15-10-13(19)6-7-16(15)21-18(22)24-11-12-4-3-5-14(20)9-12/h2-7,9-10H,1,8,11H2. The predicted molar refractivity (Wildman–Crippen MR) is 97.2 cm³/mol. The summed E-state index contributed by atoms with van der Waals surface area (Å²) in [7, 11) is 0. The van der Waals surface area contributed by atoms with Crippen molar-refractivity contribution in [3.63, 3.8) is 0 Å². The summed E-state index contributed by atoms with van der Waals surface area (Å²) >= 11 is 7.37. The molecule has 0 fully saturated rings. The highest BCUT2D eigenvalue weighted by Gasteiger charge is 2.11. The average Bonchev–Trinajstić information content (AvgIpc) is 2.57. The number of benzene rings is 2. The van der Waals surface area contributed by atoms with Gasteiger partial charge in [0.25, 0.3) is 5.56 Å². The zero-order valence-corrected chi connectivity index (χ0v) is 14.3. The van der Waals surface area contributed by atoms with Crippen molar-refractivity contribution in [3.8, 4) is 0 Å². The minimum absolute atomic E-state index is 0.163. The van der Waals surface area contributed by atoms with Gasteiger partial charge >= 0.3 is 0 Å². The van der Waals surface area contributed by atoms with Crippen molar-refractivity contribution in [3.05, 3.63) is 81.9 Å². The van der Waals surface area contributed by atoms with Gasteiger partial charge in [0.05, 0.1) is 10.9 Å². The Hall–Kier alpha value is -2.11. The van der Waals surface area contributed by atoms with Crippen LogP contribution in [0.4, 0.5) is 4.39 Å².